The van der Waals surface area contributed by atoms with Gasteiger partial charge in [-0.15, -0.1) is 0 Å². The molecule has 2 aromatic carbocycles. The highest BCUT2D eigenvalue weighted by atomic mass is 79.9. The van der Waals surface area contributed by atoms with Crippen molar-refractivity contribution in [2.45, 2.75) is 24.8 Å². The third kappa shape index (κ3) is 5.37. The molecule has 7 heteroatoms. The number of hydrazone groups is 1. The van der Waals surface area contributed by atoms with Crippen LogP contribution in [-0.4, -0.2) is 20.7 Å². The van der Waals surface area contributed by atoms with Gasteiger partial charge < -0.3 is 4.74 Å². The number of nitrogens with zero attached hydrogens (tertiary/aromatic N) is 1. The maximum absolute atomic E-state index is 12.1. The molecule has 0 aliphatic rings. The van der Waals surface area contributed by atoms with Gasteiger partial charge in [0.25, 0.3) is 10.0 Å². The zero-order valence-corrected chi connectivity index (χ0v) is 15.1. The number of halogens is 1. The summed E-state index contributed by atoms with van der Waals surface area (Å²) >= 11 is 3.26. The summed E-state index contributed by atoms with van der Waals surface area (Å²) in [4.78, 5) is 2.34. The summed E-state index contributed by atoms with van der Waals surface area (Å²) in [6, 6.07) is 13.6. The van der Waals surface area contributed by atoms with E-state index in [1.54, 1.807) is 18.2 Å². The lowest BCUT2D eigenvalue weighted by Gasteiger charge is -2.09. The van der Waals surface area contributed by atoms with Crippen molar-refractivity contribution in [1.82, 2.24) is 4.83 Å². The van der Waals surface area contributed by atoms with Crippen LogP contribution in [0.25, 0.3) is 0 Å². The van der Waals surface area contributed by atoms with E-state index in [0.29, 0.717) is 5.75 Å². The standard InChI is InChI=1S/C16H17BrN2O3S/c1-12(2)22-15-5-3-4-13(10-15)11-18-19-23(20,21)16-8-6-14(17)7-9-16/h3-12,19H,1-2H3/b18-11+. The van der Waals surface area contributed by atoms with Crippen LogP contribution in [0.5, 0.6) is 5.75 Å². The molecular formula is C16H17BrN2O3S. The van der Waals surface area contributed by atoms with Crippen LogP contribution in [-0.2, 0) is 10.0 Å². The van der Waals surface area contributed by atoms with Crippen LogP contribution in [0.15, 0.2) is 63.0 Å². The molecule has 1 N–H and O–H groups in total. The second kappa shape index (κ2) is 7.61. The minimum absolute atomic E-state index is 0.0677. The zero-order valence-electron chi connectivity index (χ0n) is 12.7. The summed E-state index contributed by atoms with van der Waals surface area (Å²) in [6.07, 6.45) is 1.50. The second-order valence-electron chi connectivity index (χ2n) is 5.05. The van der Waals surface area contributed by atoms with Gasteiger partial charge in [-0.1, -0.05) is 28.1 Å². The molecule has 0 aliphatic carbocycles. The lowest BCUT2D eigenvalue weighted by molar-refractivity contribution is 0.242. The van der Waals surface area contributed by atoms with Crippen molar-refractivity contribution in [1.29, 1.82) is 0 Å². The Bertz CT molecular complexity index is 787. The van der Waals surface area contributed by atoms with Gasteiger partial charge in [0.1, 0.15) is 5.75 Å². The van der Waals surface area contributed by atoms with Gasteiger partial charge >= 0.3 is 0 Å². The van der Waals surface area contributed by atoms with Crippen LogP contribution in [0.2, 0.25) is 0 Å². The van der Waals surface area contributed by atoms with Gasteiger partial charge in [-0.3, -0.25) is 0 Å². The molecule has 0 saturated heterocycles. The van der Waals surface area contributed by atoms with E-state index in [4.69, 9.17) is 4.74 Å². The van der Waals surface area contributed by atoms with Gasteiger partial charge in [0, 0.05) is 4.47 Å². The smallest absolute Gasteiger partial charge is 0.276 e. The fraction of sp³-hybridized carbons (Fsp3) is 0.188. The topological polar surface area (TPSA) is 67.8 Å². The summed E-state index contributed by atoms with van der Waals surface area (Å²) in [6.45, 7) is 3.88. The summed E-state index contributed by atoms with van der Waals surface area (Å²) in [5.41, 5.74) is 0.738. The predicted octanol–water partition coefficient (Wildman–Crippen LogP) is 3.55. The molecule has 0 saturated carbocycles. The molecule has 0 radical (unpaired) electrons. The molecule has 2 rings (SSSR count). The average molecular weight is 397 g/mol. The van der Waals surface area contributed by atoms with E-state index in [9.17, 15) is 8.42 Å². The van der Waals surface area contributed by atoms with E-state index in [-0.39, 0.29) is 11.0 Å². The van der Waals surface area contributed by atoms with E-state index in [1.165, 1.54) is 18.3 Å². The number of sulfonamides is 1. The Labute approximate surface area is 144 Å². The van der Waals surface area contributed by atoms with E-state index in [2.05, 4.69) is 25.9 Å². The lowest BCUT2D eigenvalue weighted by atomic mass is 10.2. The third-order valence-corrected chi connectivity index (χ3v) is 4.51. The molecule has 5 nitrogen and oxygen atoms in total. The fourth-order valence-electron chi connectivity index (χ4n) is 1.78. The van der Waals surface area contributed by atoms with Crippen LogP contribution >= 0.6 is 15.9 Å². The first kappa shape index (κ1) is 17.5. The molecule has 0 heterocycles. The Morgan fingerprint density at radius 1 is 1.17 bits per heavy atom. The highest BCUT2D eigenvalue weighted by Crippen LogP contribution is 2.15. The highest BCUT2D eigenvalue weighted by Gasteiger charge is 2.11. The Hall–Kier alpha value is -1.86. The maximum atomic E-state index is 12.1. The molecule has 0 aliphatic heterocycles. The lowest BCUT2D eigenvalue weighted by Crippen LogP contribution is -2.18. The summed E-state index contributed by atoms with van der Waals surface area (Å²) in [5.74, 6) is 0.708. The first-order chi connectivity index (χ1) is 10.9. The van der Waals surface area contributed by atoms with E-state index in [0.717, 1.165) is 10.0 Å². The molecule has 0 atom stereocenters. The minimum atomic E-state index is -3.68. The Balaban J connectivity index is 2.07. The number of benzene rings is 2. The SMILES string of the molecule is CC(C)Oc1cccc(/C=N/NS(=O)(=O)c2ccc(Br)cc2)c1. The Morgan fingerprint density at radius 3 is 2.52 bits per heavy atom. The van der Waals surface area contributed by atoms with Gasteiger partial charge in [-0.25, -0.2) is 4.83 Å². The molecule has 0 bridgehead atoms. The third-order valence-electron chi connectivity index (χ3n) is 2.74. The van der Waals surface area contributed by atoms with Gasteiger partial charge in [-0.2, -0.15) is 13.5 Å². The number of ether oxygens (including phenoxy) is 1. The second-order valence-corrected chi connectivity index (χ2v) is 7.62. The quantitative estimate of drug-likeness (QED) is 0.599. The molecule has 0 aromatic heterocycles. The van der Waals surface area contributed by atoms with E-state index >= 15 is 0 Å². The molecular weight excluding hydrogens is 380 g/mol. The van der Waals surface area contributed by atoms with Crippen molar-refractivity contribution in [3.63, 3.8) is 0 Å². The Morgan fingerprint density at radius 2 is 1.87 bits per heavy atom. The zero-order chi connectivity index (χ0) is 16.9. The molecule has 23 heavy (non-hydrogen) atoms. The van der Waals surface area contributed by atoms with Crippen molar-refractivity contribution in [2.75, 3.05) is 0 Å². The van der Waals surface area contributed by atoms with Gasteiger partial charge in [-0.05, 0) is 55.8 Å². The van der Waals surface area contributed by atoms with Crippen molar-refractivity contribution in [3.8, 4) is 5.75 Å². The van der Waals surface area contributed by atoms with Crippen LogP contribution in [0, 0.1) is 0 Å². The van der Waals surface area contributed by atoms with Crippen molar-refractivity contribution in [3.05, 3.63) is 58.6 Å². The molecule has 0 amide bonds. The predicted molar refractivity (Wildman–Crippen MR) is 94.3 cm³/mol. The first-order valence-electron chi connectivity index (χ1n) is 6.94. The number of rotatable bonds is 6. The van der Waals surface area contributed by atoms with Gasteiger partial charge in [0.15, 0.2) is 0 Å². The van der Waals surface area contributed by atoms with Gasteiger partial charge in [0.2, 0.25) is 0 Å². The molecule has 0 fully saturated rings. The summed E-state index contributed by atoms with van der Waals surface area (Å²) in [5, 5.41) is 3.80. The van der Waals surface area contributed by atoms with Crippen LogP contribution < -0.4 is 9.57 Å². The molecule has 122 valence electrons. The van der Waals surface area contributed by atoms with Crippen molar-refractivity contribution in [2.24, 2.45) is 5.10 Å². The fourth-order valence-corrected chi connectivity index (χ4v) is 2.83. The first-order valence-corrected chi connectivity index (χ1v) is 9.21. The van der Waals surface area contributed by atoms with E-state index < -0.39 is 10.0 Å². The van der Waals surface area contributed by atoms with Crippen LogP contribution in [0.3, 0.4) is 0 Å². The molecule has 0 unspecified atom stereocenters. The number of nitrogens with one attached hydrogen (secondary N) is 1. The van der Waals surface area contributed by atoms with Crippen LogP contribution in [0.1, 0.15) is 19.4 Å². The van der Waals surface area contributed by atoms with Crippen LogP contribution in [0.4, 0.5) is 0 Å². The van der Waals surface area contributed by atoms with E-state index in [1.807, 2.05) is 32.0 Å². The maximum Gasteiger partial charge on any atom is 0.276 e. The highest BCUT2D eigenvalue weighted by molar-refractivity contribution is 9.10. The number of hydrogen-bond acceptors (Lipinski definition) is 4. The molecule has 2 aromatic rings. The summed E-state index contributed by atoms with van der Waals surface area (Å²) in [7, 11) is -3.68. The summed E-state index contributed by atoms with van der Waals surface area (Å²) < 4.78 is 30.5. The van der Waals surface area contributed by atoms with Gasteiger partial charge in [0.05, 0.1) is 17.2 Å². The van der Waals surface area contributed by atoms with Crippen molar-refractivity contribution < 1.29 is 13.2 Å². The van der Waals surface area contributed by atoms with Crippen molar-refractivity contribution >= 4 is 32.2 Å². The normalized spacial score (nSPS) is 11.8. The average Bonchev–Trinajstić information content (AvgIpc) is 2.47. The molecule has 0 spiro atoms. The monoisotopic (exact) mass is 396 g/mol. The minimum Gasteiger partial charge on any atom is -0.491 e. The number of hydrogen-bond donors (Lipinski definition) is 1. The largest absolute Gasteiger partial charge is 0.491 e. The Kier molecular flexibility index (Phi) is 5.79.